The maximum atomic E-state index is 2.23. The molecule has 21 heavy (non-hydrogen) atoms. The molecule has 0 radical (unpaired) electrons. The Bertz CT molecular complexity index is 59.4. The maximum absolute atomic E-state index is 2.23. The van der Waals surface area contributed by atoms with E-state index in [2.05, 4.69) is 55.4 Å². The summed E-state index contributed by atoms with van der Waals surface area (Å²) in [7, 11) is 0. The number of hydrogen-bond donors (Lipinski definition) is 0. The highest BCUT2D eigenvalue weighted by Crippen LogP contribution is 1.95. The van der Waals surface area contributed by atoms with Crippen molar-refractivity contribution >= 4 is 50.9 Å². The van der Waals surface area contributed by atoms with Gasteiger partial charge in [-0.3, -0.25) is 0 Å². The molecule has 0 rings (SSSR count). The summed E-state index contributed by atoms with van der Waals surface area (Å²) in [5, 5.41) is 0. The molecule has 0 saturated carbocycles. The van der Waals surface area contributed by atoms with E-state index in [0.29, 0.717) is 0 Å². The van der Waals surface area contributed by atoms with Gasteiger partial charge in [0, 0.05) is 0 Å². The first-order valence-corrected chi connectivity index (χ1v) is 8.66. The van der Waals surface area contributed by atoms with Crippen molar-refractivity contribution < 1.29 is 0 Å². The zero-order valence-corrected chi connectivity index (χ0v) is 21.4. The molecular formula is C18H47Br3. The van der Waals surface area contributed by atoms with Gasteiger partial charge < -0.3 is 0 Å². The lowest BCUT2D eigenvalue weighted by molar-refractivity contribution is 0.702. The fourth-order valence-electron chi connectivity index (χ4n) is 0.500. The Hall–Kier alpha value is 1.44. The fraction of sp³-hybridized carbons (Fsp3) is 1.00. The average molecular weight is 503 g/mol. The van der Waals surface area contributed by atoms with Crippen LogP contribution in [0.15, 0.2) is 0 Å². The van der Waals surface area contributed by atoms with E-state index in [4.69, 9.17) is 0 Å². The zero-order chi connectivity index (χ0) is 15.1. The van der Waals surface area contributed by atoms with Gasteiger partial charge in [-0.25, -0.2) is 0 Å². The summed E-state index contributed by atoms with van der Waals surface area (Å²) in [5.41, 5.74) is 0. The van der Waals surface area contributed by atoms with E-state index in [9.17, 15) is 0 Å². The van der Waals surface area contributed by atoms with E-state index in [1.54, 1.807) is 0 Å². The van der Waals surface area contributed by atoms with Crippen LogP contribution in [0.2, 0.25) is 0 Å². The van der Waals surface area contributed by atoms with E-state index in [0.717, 1.165) is 0 Å². The third-order valence-corrected chi connectivity index (χ3v) is 2.46. The first-order chi connectivity index (χ1) is 8.66. The predicted octanol–water partition coefficient (Wildman–Crippen LogP) is 9.74. The summed E-state index contributed by atoms with van der Waals surface area (Å²) in [4.78, 5) is 0. The van der Waals surface area contributed by atoms with Crippen molar-refractivity contribution in [1.82, 2.24) is 0 Å². The van der Waals surface area contributed by atoms with Crippen LogP contribution in [0.25, 0.3) is 0 Å². The molecule has 0 spiro atoms. The average Bonchev–Trinajstić information content (AvgIpc) is 2.45. The SMILES string of the molecule is Br.Br.Br.CCCC.CCCC.CCCC.CCCCCC. The second-order valence-corrected chi connectivity index (χ2v) is 4.71. The molecule has 0 saturated heterocycles. The van der Waals surface area contributed by atoms with E-state index in [1.807, 2.05) is 0 Å². The van der Waals surface area contributed by atoms with Crippen molar-refractivity contribution in [3.8, 4) is 0 Å². The second kappa shape index (κ2) is 68.4. The number of rotatable bonds is 6. The highest BCUT2D eigenvalue weighted by atomic mass is 79.9. The Morgan fingerprint density at radius 3 is 0.476 bits per heavy atom. The minimum atomic E-state index is 0. The van der Waals surface area contributed by atoms with E-state index in [1.165, 1.54) is 64.2 Å². The standard InChI is InChI=1S/C6H14.3C4H10.3BrH/c1-3-5-6-4-2;3*1-3-4-2;;;/h3-6H2,1-2H3;3*3-4H2,1-2H3;3*1H. The molecule has 3 heteroatoms. The Morgan fingerprint density at radius 1 is 0.286 bits per heavy atom. The Labute approximate surface area is 169 Å². The summed E-state index contributed by atoms with van der Waals surface area (Å²) >= 11 is 0. The van der Waals surface area contributed by atoms with Gasteiger partial charge in [-0.2, -0.15) is 0 Å². The monoisotopic (exact) mass is 500 g/mol. The van der Waals surface area contributed by atoms with Crippen LogP contribution in [-0.4, -0.2) is 0 Å². The van der Waals surface area contributed by atoms with Crippen molar-refractivity contribution in [3.05, 3.63) is 0 Å². The molecule has 0 N–H and O–H groups in total. The first-order valence-electron chi connectivity index (χ1n) is 8.66. The van der Waals surface area contributed by atoms with Gasteiger partial charge in [0.1, 0.15) is 0 Å². The topological polar surface area (TPSA) is 0 Å². The van der Waals surface area contributed by atoms with Gasteiger partial charge in [-0.05, 0) is 0 Å². The van der Waals surface area contributed by atoms with Crippen LogP contribution in [0, 0.1) is 0 Å². The molecule has 0 amide bonds. The molecule has 140 valence electrons. The van der Waals surface area contributed by atoms with Crippen molar-refractivity contribution in [2.45, 2.75) is 120 Å². The lowest BCUT2D eigenvalue weighted by Crippen LogP contribution is -1.66. The molecular weight excluding hydrogens is 456 g/mol. The molecule has 0 aliphatic rings. The lowest BCUT2D eigenvalue weighted by atomic mass is 10.2. The van der Waals surface area contributed by atoms with Crippen LogP contribution >= 0.6 is 50.9 Å². The Balaban J connectivity index is -0.0000000242. The molecule has 0 aromatic carbocycles. The van der Waals surface area contributed by atoms with Crippen molar-refractivity contribution in [2.75, 3.05) is 0 Å². The molecule has 0 fully saturated rings. The van der Waals surface area contributed by atoms with Gasteiger partial charge in [0.25, 0.3) is 0 Å². The molecule has 0 aliphatic heterocycles. The van der Waals surface area contributed by atoms with Crippen LogP contribution in [0.5, 0.6) is 0 Å². The summed E-state index contributed by atoms with van der Waals surface area (Å²) in [5.74, 6) is 0. The van der Waals surface area contributed by atoms with Crippen molar-refractivity contribution in [3.63, 3.8) is 0 Å². The van der Waals surface area contributed by atoms with Crippen LogP contribution in [0.1, 0.15) is 120 Å². The van der Waals surface area contributed by atoms with Crippen LogP contribution in [0.4, 0.5) is 0 Å². The number of unbranched alkanes of at least 4 members (excludes halogenated alkanes) is 6. The minimum Gasteiger partial charge on any atom is -0.114 e. The van der Waals surface area contributed by atoms with Crippen molar-refractivity contribution in [2.24, 2.45) is 0 Å². The Kier molecular flexibility index (Phi) is 141. The molecule has 0 unspecified atom stereocenters. The molecule has 0 atom stereocenters. The number of hydrogen-bond acceptors (Lipinski definition) is 0. The summed E-state index contributed by atoms with van der Waals surface area (Å²) < 4.78 is 0. The molecule has 0 heterocycles. The van der Waals surface area contributed by atoms with E-state index in [-0.39, 0.29) is 50.9 Å². The highest BCUT2D eigenvalue weighted by Gasteiger charge is 1.75. The molecule has 0 aromatic rings. The summed E-state index contributed by atoms with van der Waals surface area (Å²) in [6, 6.07) is 0. The molecule has 0 aliphatic carbocycles. The summed E-state index contributed by atoms with van der Waals surface area (Å²) in [6.07, 6.45) is 13.5. The molecule has 0 aromatic heterocycles. The maximum Gasteiger partial charge on any atom is -0.0536 e. The smallest absolute Gasteiger partial charge is 0.0536 e. The second-order valence-electron chi connectivity index (χ2n) is 4.71. The molecule has 0 bridgehead atoms. The third-order valence-electron chi connectivity index (χ3n) is 2.46. The van der Waals surface area contributed by atoms with Gasteiger partial charge in [-0.15, -0.1) is 50.9 Å². The largest absolute Gasteiger partial charge is 0.114 e. The predicted molar refractivity (Wildman–Crippen MR) is 123 cm³/mol. The quantitative estimate of drug-likeness (QED) is 0.317. The van der Waals surface area contributed by atoms with Crippen LogP contribution < -0.4 is 0 Å². The lowest BCUT2D eigenvalue weighted by Gasteiger charge is -1.86. The number of halogens is 3. The minimum absolute atomic E-state index is 0. The fourth-order valence-corrected chi connectivity index (χ4v) is 0.500. The Morgan fingerprint density at radius 2 is 0.429 bits per heavy atom. The normalized spacial score (nSPS) is 6.86. The van der Waals surface area contributed by atoms with Crippen LogP contribution in [0.3, 0.4) is 0 Å². The van der Waals surface area contributed by atoms with E-state index >= 15 is 0 Å². The van der Waals surface area contributed by atoms with Gasteiger partial charge in [-0.1, -0.05) is 120 Å². The highest BCUT2D eigenvalue weighted by molar-refractivity contribution is 8.93. The van der Waals surface area contributed by atoms with E-state index < -0.39 is 0 Å². The third kappa shape index (κ3) is 146. The van der Waals surface area contributed by atoms with Gasteiger partial charge in [0.15, 0.2) is 0 Å². The van der Waals surface area contributed by atoms with Crippen LogP contribution in [-0.2, 0) is 0 Å². The van der Waals surface area contributed by atoms with Gasteiger partial charge in [0.05, 0.1) is 0 Å². The summed E-state index contributed by atoms with van der Waals surface area (Å²) in [6.45, 7) is 17.5. The van der Waals surface area contributed by atoms with Crippen molar-refractivity contribution in [1.29, 1.82) is 0 Å². The van der Waals surface area contributed by atoms with Gasteiger partial charge in [0.2, 0.25) is 0 Å². The van der Waals surface area contributed by atoms with Gasteiger partial charge >= 0.3 is 0 Å². The zero-order valence-electron chi connectivity index (χ0n) is 16.3. The molecule has 0 nitrogen and oxygen atoms in total. The first kappa shape index (κ1) is 43.3.